The quantitative estimate of drug-likeness (QED) is 0.626. The van der Waals surface area contributed by atoms with E-state index in [0.29, 0.717) is 12.3 Å². The van der Waals surface area contributed by atoms with E-state index in [9.17, 15) is 18.0 Å². The zero-order chi connectivity index (χ0) is 17.7. The lowest BCUT2D eigenvalue weighted by Gasteiger charge is -2.11. The van der Waals surface area contributed by atoms with E-state index in [1.54, 1.807) is 31.2 Å². The van der Waals surface area contributed by atoms with Gasteiger partial charge in [-0.05, 0) is 36.8 Å². The molecule has 0 unspecified atom stereocenters. The number of nitrogens with zero attached hydrogens (tertiary/aromatic N) is 1. The smallest absolute Gasteiger partial charge is 0.433 e. The standard InChI is InChI=1S/C16H14ClF3N2O2/c1-2-24-15(23)7-10-3-5-11(6-4-10)21-12-8-13(16(18,19)20)22-14(17)9-12/h3-6,8-9H,2,7H2,1H3,(H,21,22). The first kappa shape index (κ1) is 18.1. The monoisotopic (exact) mass is 358 g/mol. The van der Waals surface area contributed by atoms with Gasteiger partial charge in [0.15, 0.2) is 0 Å². The van der Waals surface area contributed by atoms with Gasteiger partial charge in [-0.25, -0.2) is 4.98 Å². The number of hydrogen-bond acceptors (Lipinski definition) is 4. The van der Waals surface area contributed by atoms with Gasteiger partial charge in [0, 0.05) is 11.4 Å². The van der Waals surface area contributed by atoms with Gasteiger partial charge in [0.05, 0.1) is 13.0 Å². The number of nitrogens with one attached hydrogen (secondary N) is 1. The molecule has 8 heteroatoms. The number of esters is 1. The number of pyridine rings is 1. The van der Waals surface area contributed by atoms with Crippen molar-refractivity contribution in [2.24, 2.45) is 0 Å². The number of benzene rings is 1. The van der Waals surface area contributed by atoms with Crippen molar-refractivity contribution < 1.29 is 22.7 Å². The molecule has 4 nitrogen and oxygen atoms in total. The van der Waals surface area contributed by atoms with Crippen LogP contribution in [-0.2, 0) is 22.1 Å². The highest BCUT2D eigenvalue weighted by atomic mass is 35.5. The molecule has 0 aliphatic heterocycles. The second-order valence-corrected chi connectivity index (χ2v) is 5.25. The van der Waals surface area contributed by atoms with Crippen LogP contribution in [0.3, 0.4) is 0 Å². The van der Waals surface area contributed by atoms with E-state index in [0.717, 1.165) is 11.6 Å². The van der Waals surface area contributed by atoms with Crippen molar-refractivity contribution in [3.63, 3.8) is 0 Å². The van der Waals surface area contributed by atoms with E-state index in [1.165, 1.54) is 6.07 Å². The molecule has 0 atom stereocenters. The Morgan fingerprint density at radius 3 is 2.46 bits per heavy atom. The minimum Gasteiger partial charge on any atom is -0.466 e. The summed E-state index contributed by atoms with van der Waals surface area (Å²) in [6, 6.07) is 8.84. The summed E-state index contributed by atoms with van der Waals surface area (Å²) in [6.07, 6.45) is -4.45. The zero-order valence-electron chi connectivity index (χ0n) is 12.7. The molecule has 0 fully saturated rings. The number of aromatic nitrogens is 1. The van der Waals surface area contributed by atoms with Gasteiger partial charge >= 0.3 is 12.1 Å². The van der Waals surface area contributed by atoms with Crippen molar-refractivity contribution in [3.8, 4) is 0 Å². The van der Waals surface area contributed by atoms with Crippen LogP contribution in [0, 0.1) is 0 Å². The molecule has 0 spiro atoms. The van der Waals surface area contributed by atoms with Crippen molar-refractivity contribution >= 4 is 28.9 Å². The molecular formula is C16H14ClF3N2O2. The Bertz CT molecular complexity index is 718. The van der Waals surface area contributed by atoms with Crippen LogP contribution in [0.5, 0.6) is 0 Å². The molecule has 24 heavy (non-hydrogen) atoms. The summed E-state index contributed by atoms with van der Waals surface area (Å²) in [5.41, 5.74) is 0.387. The molecule has 1 N–H and O–H groups in total. The summed E-state index contributed by atoms with van der Waals surface area (Å²) in [5, 5.41) is 2.56. The molecule has 0 aliphatic rings. The first-order chi connectivity index (χ1) is 11.3. The van der Waals surface area contributed by atoms with Gasteiger partial charge in [-0.2, -0.15) is 13.2 Å². The molecule has 1 aromatic heterocycles. The lowest BCUT2D eigenvalue weighted by atomic mass is 10.1. The minimum atomic E-state index is -4.58. The summed E-state index contributed by atoms with van der Waals surface area (Å²) in [6.45, 7) is 2.03. The number of anilines is 2. The van der Waals surface area contributed by atoms with E-state index in [-0.39, 0.29) is 23.2 Å². The summed E-state index contributed by atoms with van der Waals surface area (Å²) < 4.78 is 43.0. The number of alkyl halides is 3. The Morgan fingerprint density at radius 1 is 1.21 bits per heavy atom. The Morgan fingerprint density at radius 2 is 1.88 bits per heavy atom. The lowest BCUT2D eigenvalue weighted by Crippen LogP contribution is -2.09. The first-order valence-corrected chi connectivity index (χ1v) is 7.42. The van der Waals surface area contributed by atoms with Crippen LogP contribution in [0.1, 0.15) is 18.2 Å². The van der Waals surface area contributed by atoms with E-state index < -0.39 is 11.9 Å². The third kappa shape index (κ3) is 5.13. The van der Waals surface area contributed by atoms with Crippen molar-refractivity contribution in [1.29, 1.82) is 0 Å². The van der Waals surface area contributed by atoms with Crippen LogP contribution >= 0.6 is 11.6 Å². The molecular weight excluding hydrogens is 345 g/mol. The fourth-order valence-corrected chi connectivity index (χ4v) is 2.17. The molecule has 2 aromatic rings. The number of halogens is 4. The number of hydrogen-bond donors (Lipinski definition) is 1. The maximum atomic E-state index is 12.7. The summed E-state index contributed by atoms with van der Waals surface area (Å²) in [4.78, 5) is 14.7. The zero-order valence-corrected chi connectivity index (χ0v) is 13.4. The van der Waals surface area contributed by atoms with E-state index in [4.69, 9.17) is 16.3 Å². The van der Waals surface area contributed by atoms with Gasteiger partial charge in [-0.15, -0.1) is 0 Å². The topological polar surface area (TPSA) is 51.2 Å². The number of ether oxygens (including phenoxy) is 1. The van der Waals surface area contributed by atoms with Gasteiger partial charge in [0.25, 0.3) is 0 Å². The molecule has 2 rings (SSSR count). The average Bonchev–Trinajstić information content (AvgIpc) is 2.48. The fraction of sp³-hybridized carbons (Fsp3) is 0.250. The van der Waals surface area contributed by atoms with Crippen LogP contribution in [-0.4, -0.2) is 17.6 Å². The summed E-state index contributed by atoms with van der Waals surface area (Å²) in [7, 11) is 0. The molecule has 1 aromatic carbocycles. The first-order valence-electron chi connectivity index (χ1n) is 7.04. The number of carbonyl (C=O) groups is 1. The Kier molecular flexibility index (Phi) is 5.66. The van der Waals surface area contributed by atoms with Crippen molar-refractivity contribution in [1.82, 2.24) is 4.98 Å². The predicted molar refractivity (Wildman–Crippen MR) is 84.3 cm³/mol. The third-order valence-electron chi connectivity index (χ3n) is 2.98. The van der Waals surface area contributed by atoms with Crippen LogP contribution in [0.15, 0.2) is 36.4 Å². The van der Waals surface area contributed by atoms with Gasteiger partial charge in [0.2, 0.25) is 0 Å². The number of carbonyl (C=O) groups excluding carboxylic acids is 1. The van der Waals surface area contributed by atoms with Crippen LogP contribution < -0.4 is 5.32 Å². The van der Waals surface area contributed by atoms with E-state index in [1.807, 2.05) is 0 Å². The van der Waals surface area contributed by atoms with Crippen LogP contribution in [0.4, 0.5) is 24.5 Å². The third-order valence-corrected chi connectivity index (χ3v) is 3.17. The largest absolute Gasteiger partial charge is 0.466 e. The normalized spacial score (nSPS) is 11.2. The molecule has 0 radical (unpaired) electrons. The SMILES string of the molecule is CCOC(=O)Cc1ccc(Nc2cc(Cl)nc(C(F)(F)F)c2)cc1. The maximum Gasteiger partial charge on any atom is 0.433 e. The van der Waals surface area contributed by atoms with Gasteiger partial charge in [-0.1, -0.05) is 23.7 Å². The summed E-state index contributed by atoms with van der Waals surface area (Å²) in [5.74, 6) is -0.339. The molecule has 0 amide bonds. The molecule has 0 bridgehead atoms. The second-order valence-electron chi connectivity index (χ2n) is 4.87. The fourth-order valence-electron chi connectivity index (χ4n) is 1.97. The molecule has 0 aliphatic carbocycles. The van der Waals surface area contributed by atoms with Gasteiger partial charge < -0.3 is 10.1 Å². The molecule has 0 saturated carbocycles. The average molecular weight is 359 g/mol. The highest BCUT2D eigenvalue weighted by Gasteiger charge is 2.33. The van der Waals surface area contributed by atoms with Crippen LogP contribution in [0.2, 0.25) is 5.15 Å². The highest BCUT2D eigenvalue weighted by Crippen LogP contribution is 2.31. The molecule has 0 saturated heterocycles. The van der Waals surface area contributed by atoms with Crippen molar-refractivity contribution in [2.45, 2.75) is 19.5 Å². The van der Waals surface area contributed by atoms with Crippen molar-refractivity contribution in [3.05, 3.63) is 52.8 Å². The van der Waals surface area contributed by atoms with Crippen LogP contribution in [0.25, 0.3) is 0 Å². The Balaban J connectivity index is 2.11. The second kappa shape index (κ2) is 7.53. The van der Waals surface area contributed by atoms with E-state index >= 15 is 0 Å². The predicted octanol–water partition coefficient (Wildman–Crippen LogP) is 4.60. The highest BCUT2D eigenvalue weighted by molar-refractivity contribution is 6.29. The lowest BCUT2D eigenvalue weighted by molar-refractivity contribution is -0.142. The summed E-state index contributed by atoms with van der Waals surface area (Å²) >= 11 is 5.63. The Hall–Kier alpha value is -2.28. The van der Waals surface area contributed by atoms with E-state index in [2.05, 4.69) is 10.3 Å². The Labute approximate surface area is 141 Å². The molecule has 1 heterocycles. The van der Waals surface area contributed by atoms with Gasteiger partial charge in [-0.3, -0.25) is 4.79 Å². The maximum absolute atomic E-state index is 12.7. The minimum absolute atomic E-state index is 0.132. The van der Waals surface area contributed by atoms with Crippen molar-refractivity contribution in [2.75, 3.05) is 11.9 Å². The number of rotatable bonds is 5. The molecule has 128 valence electrons. The van der Waals surface area contributed by atoms with Gasteiger partial charge in [0.1, 0.15) is 10.8 Å².